The van der Waals surface area contributed by atoms with Gasteiger partial charge in [-0.1, -0.05) is 29.8 Å². The second-order valence-electron chi connectivity index (χ2n) is 6.73. The molecule has 0 radical (unpaired) electrons. The number of ether oxygens (including phenoxy) is 2. The van der Waals surface area contributed by atoms with E-state index in [1.165, 1.54) is 25.3 Å². The number of halogens is 1. The van der Waals surface area contributed by atoms with Gasteiger partial charge in [0.15, 0.2) is 11.0 Å². The SMILES string of the molecule is COCCCn1c(Sc2ccc(/C=C/C(=O)OC)cc2[N+](=O)[O-])nnc1-c1ccccc1Cl. The molecule has 3 aromatic rings. The van der Waals surface area contributed by atoms with Crippen LogP contribution in [0.2, 0.25) is 5.02 Å². The summed E-state index contributed by atoms with van der Waals surface area (Å²) in [6, 6.07) is 12.0. The van der Waals surface area contributed by atoms with Gasteiger partial charge in [0, 0.05) is 38.0 Å². The molecule has 0 bridgehead atoms. The molecule has 0 aliphatic rings. The predicted molar refractivity (Wildman–Crippen MR) is 125 cm³/mol. The largest absolute Gasteiger partial charge is 0.466 e. The van der Waals surface area contributed by atoms with Crippen LogP contribution in [0.4, 0.5) is 5.69 Å². The molecule has 0 amide bonds. The summed E-state index contributed by atoms with van der Waals surface area (Å²) in [6.07, 6.45) is 3.35. The molecule has 0 unspecified atom stereocenters. The Labute approximate surface area is 199 Å². The number of nitrogens with zero attached hydrogens (tertiary/aromatic N) is 4. The molecule has 2 aromatic carbocycles. The van der Waals surface area contributed by atoms with Crippen LogP contribution in [0.3, 0.4) is 0 Å². The number of carbonyl (C=O) groups excluding carboxylic acids is 1. The number of methoxy groups -OCH3 is 2. The van der Waals surface area contributed by atoms with Crippen LogP contribution in [0.1, 0.15) is 12.0 Å². The molecule has 0 N–H and O–H groups in total. The van der Waals surface area contributed by atoms with Crippen molar-refractivity contribution in [1.29, 1.82) is 0 Å². The number of benzene rings is 2. The molecule has 0 saturated carbocycles. The maximum Gasteiger partial charge on any atom is 0.330 e. The lowest BCUT2D eigenvalue weighted by Crippen LogP contribution is -2.05. The molecule has 0 spiro atoms. The van der Waals surface area contributed by atoms with Crippen molar-refractivity contribution in [3.8, 4) is 11.4 Å². The highest BCUT2D eigenvalue weighted by Gasteiger charge is 2.21. The lowest BCUT2D eigenvalue weighted by molar-refractivity contribution is -0.387. The molecule has 9 nitrogen and oxygen atoms in total. The van der Waals surface area contributed by atoms with E-state index in [2.05, 4.69) is 14.9 Å². The van der Waals surface area contributed by atoms with Gasteiger partial charge >= 0.3 is 5.97 Å². The summed E-state index contributed by atoms with van der Waals surface area (Å²) in [5.74, 6) is 0.0202. The lowest BCUT2D eigenvalue weighted by Gasteiger charge is -2.11. The van der Waals surface area contributed by atoms with E-state index in [1.54, 1.807) is 25.3 Å². The number of carbonyl (C=O) groups is 1. The summed E-state index contributed by atoms with van der Waals surface area (Å²) in [7, 11) is 2.88. The van der Waals surface area contributed by atoms with E-state index in [9.17, 15) is 14.9 Å². The normalized spacial score (nSPS) is 11.1. The van der Waals surface area contributed by atoms with Gasteiger partial charge in [-0.25, -0.2) is 4.79 Å². The van der Waals surface area contributed by atoms with Crippen LogP contribution in [-0.2, 0) is 20.8 Å². The minimum atomic E-state index is -0.549. The highest BCUT2D eigenvalue weighted by atomic mass is 35.5. The van der Waals surface area contributed by atoms with Crippen LogP contribution >= 0.6 is 23.4 Å². The molecule has 1 aromatic heterocycles. The molecular formula is C22H21ClN4O5S. The summed E-state index contributed by atoms with van der Waals surface area (Å²) in [5.41, 5.74) is 1.10. The Morgan fingerprint density at radius 1 is 1.24 bits per heavy atom. The van der Waals surface area contributed by atoms with Gasteiger partial charge in [0.05, 0.1) is 22.0 Å². The smallest absolute Gasteiger partial charge is 0.330 e. The van der Waals surface area contributed by atoms with Gasteiger partial charge in [0.25, 0.3) is 5.69 Å². The maximum absolute atomic E-state index is 11.7. The quantitative estimate of drug-likeness (QED) is 0.130. The summed E-state index contributed by atoms with van der Waals surface area (Å²) < 4.78 is 11.6. The topological polar surface area (TPSA) is 109 Å². The fourth-order valence-corrected chi connectivity index (χ4v) is 4.13. The Balaban J connectivity index is 1.98. The molecule has 11 heteroatoms. The Morgan fingerprint density at radius 3 is 2.73 bits per heavy atom. The number of nitro groups is 1. The highest BCUT2D eigenvalue weighted by Crippen LogP contribution is 2.37. The van der Waals surface area contributed by atoms with E-state index < -0.39 is 10.9 Å². The summed E-state index contributed by atoms with van der Waals surface area (Å²) in [5, 5.41) is 21.3. The van der Waals surface area contributed by atoms with Crippen molar-refractivity contribution in [2.75, 3.05) is 20.8 Å². The number of hydrogen-bond acceptors (Lipinski definition) is 8. The van der Waals surface area contributed by atoms with Gasteiger partial charge in [-0.2, -0.15) is 0 Å². The third-order valence-corrected chi connectivity index (χ3v) is 5.94. The molecule has 33 heavy (non-hydrogen) atoms. The van der Waals surface area contributed by atoms with Gasteiger partial charge in [0.1, 0.15) is 0 Å². The first-order chi connectivity index (χ1) is 15.9. The van der Waals surface area contributed by atoms with Crippen LogP contribution in [0.15, 0.2) is 58.6 Å². The van der Waals surface area contributed by atoms with Gasteiger partial charge in [0.2, 0.25) is 0 Å². The Hall–Kier alpha value is -3.21. The summed E-state index contributed by atoms with van der Waals surface area (Å²) >= 11 is 7.50. The molecule has 0 aliphatic heterocycles. The Bertz CT molecular complexity index is 1180. The van der Waals surface area contributed by atoms with E-state index in [1.807, 2.05) is 22.8 Å². The molecule has 172 valence electrons. The number of aromatic nitrogens is 3. The van der Waals surface area contributed by atoms with Crippen molar-refractivity contribution in [2.24, 2.45) is 0 Å². The van der Waals surface area contributed by atoms with Gasteiger partial charge in [-0.3, -0.25) is 10.1 Å². The Morgan fingerprint density at radius 2 is 2.03 bits per heavy atom. The van der Waals surface area contributed by atoms with Crippen LogP contribution < -0.4 is 0 Å². The molecule has 1 heterocycles. The minimum Gasteiger partial charge on any atom is -0.466 e. The van der Waals surface area contributed by atoms with Crippen LogP contribution in [0, 0.1) is 10.1 Å². The molecule has 0 fully saturated rings. The predicted octanol–water partition coefficient (Wildman–Crippen LogP) is 4.88. The Kier molecular flexibility index (Phi) is 8.58. The number of esters is 1. The van der Waals surface area contributed by atoms with Gasteiger partial charge in [-0.15, -0.1) is 10.2 Å². The number of hydrogen-bond donors (Lipinski definition) is 0. The van der Waals surface area contributed by atoms with E-state index in [0.29, 0.717) is 51.6 Å². The van der Waals surface area contributed by atoms with Crippen molar-refractivity contribution in [2.45, 2.75) is 23.0 Å². The molecule has 3 rings (SSSR count). The zero-order valence-corrected chi connectivity index (χ0v) is 19.5. The lowest BCUT2D eigenvalue weighted by atomic mass is 10.2. The van der Waals surface area contributed by atoms with Crippen molar-refractivity contribution >= 4 is 41.1 Å². The zero-order valence-electron chi connectivity index (χ0n) is 17.9. The minimum absolute atomic E-state index is 0.113. The average molecular weight is 489 g/mol. The highest BCUT2D eigenvalue weighted by molar-refractivity contribution is 7.99. The first-order valence-corrected chi connectivity index (χ1v) is 11.0. The summed E-state index contributed by atoms with van der Waals surface area (Å²) in [4.78, 5) is 23.0. The van der Waals surface area contributed by atoms with Crippen molar-refractivity contribution in [1.82, 2.24) is 14.8 Å². The molecule has 0 saturated heterocycles. The van der Waals surface area contributed by atoms with E-state index in [4.69, 9.17) is 16.3 Å². The second kappa shape index (κ2) is 11.6. The molecule has 0 aliphatic carbocycles. The summed E-state index contributed by atoms with van der Waals surface area (Å²) in [6.45, 7) is 1.07. The molecule has 0 atom stereocenters. The fourth-order valence-electron chi connectivity index (χ4n) is 2.97. The first kappa shape index (κ1) is 24.4. The molecular weight excluding hydrogens is 468 g/mol. The van der Waals surface area contributed by atoms with Crippen LogP contribution in [0.25, 0.3) is 17.5 Å². The fraction of sp³-hybridized carbons (Fsp3) is 0.227. The standard InChI is InChI=1S/C22H21ClN4O5S/c1-31-13-5-12-26-21(16-6-3-4-7-17(16)23)24-25-22(26)33-19-10-8-15(9-11-20(28)32-2)14-18(19)27(29)30/h3-4,6-11,14H,5,12-13H2,1-2H3/b11-9+. The van der Waals surface area contributed by atoms with Gasteiger partial charge in [-0.05, 0) is 48.0 Å². The maximum atomic E-state index is 11.7. The first-order valence-electron chi connectivity index (χ1n) is 9.84. The average Bonchev–Trinajstić information content (AvgIpc) is 3.20. The second-order valence-corrected chi connectivity index (χ2v) is 8.14. The van der Waals surface area contributed by atoms with E-state index in [0.717, 1.165) is 11.8 Å². The third kappa shape index (κ3) is 6.19. The third-order valence-electron chi connectivity index (χ3n) is 4.56. The van der Waals surface area contributed by atoms with Crippen molar-refractivity contribution in [3.63, 3.8) is 0 Å². The zero-order chi connectivity index (χ0) is 23.8. The monoisotopic (exact) mass is 488 g/mol. The van der Waals surface area contributed by atoms with E-state index in [-0.39, 0.29) is 5.69 Å². The van der Waals surface area contributed by atoms with Crippen molar-refractivity contribution in [3.05, 3.63) is 69.2 Å². The van der Waals surface area contributed by atoms with Crippen LogP contribution in [0.5, 0.6) is 0 Å². The van der Waals surface area contributed by atoms with Gasteiger partial charge < -0.3 is 14.0 Å². The van der Waals surface area contributed by atoms with E-state index >= 15 is 0 Å². The number of rotatable bonds is 10. The number of nitro benzene ring substituents is 1. The van der Waals surface area contributed by atoms with Crippen LogP contribution in [-0.4, -0.2) is 46.5 Å². The van der Waals surface area contributed by atoms with Crippen molar-refractivity contribution < 1.29 is 19.2 Å².